The molecule has 1 fully saturated rings. The minimum Gasteiger partial charge on any atom is -0.363 e. The van der Waals surface area contributed by atoms with Crippen molar-refractivity contribution >= 4 is 23.5 Å². The molecule has 1 rings (SSSR count). The highest BCUT2D eigenvalue weighted by Crippen LogP contribution is 2.38. The fraction of sp³-hybridized carbons (Fsp3) is 0.714. The van der Waals surface area contributed by atoms with Gasteiger partial charge in [-0.25, -0.2) is 4.79 Å². The molecule has 1 aliphatic heterocycles. The third kappa shape index (κ3) is 1.20. The summed E-state index contributed by atoms with van der Waals surface area (Å²) in [7, 11) is 2.17. The van der Waals surface area contributed by atoms with Gasteiger partial charge in [-0.1, -0.05) is 0 Å². The number of hydrogen-bond acceptors (Lipinski definition) is 5. The number of imide groups is 1. The molecular weight excluding hydrogens is 242 g/mol. The van der Waals surface area contributed by atoms with Crippen molar-refractivity contribution < 1.29 is 19.6 Å². The number of aliphatic hydroxyl groups is 1. The highest BCUT2D eigenvalue weighted by Gasteiger charge is 2.71. The monoisotopic (exact) mass is 251 g/mol. The van der Waals surface area contributed by atoms with Gasteiger partial charge in [-0.3, -0.25) is 24.7 Å². The van der Waals surface area contributed by atoms with Crippen LogP contribution in [0.15, 0.2) is 0 Å². The molecule has 0 aromatic heterocycles. The molecule has 90 valence electrons. The van der Waals surface area contributed by atoms with E-state index in [1.54, 1.807) is 0 Å². The van der Waals surface area contributed by atoms with Crippen LogP contribution < -0.4 is 0 Å². The molecule has 9 heteroatoms. The Labute approximate surface area is 95.5 Å². The standard InChI is InChI=1S/C7H10ClN3O5/c1-6(14)7(8,11(15)16)4(12)9(2)5(13)10(6)3/h14H,1-3H3. The van der Waals surface area contributed by atoms with E-state index in [0.29, 0.717) is 9.80 Å². The van der Waals surface area contributed by atoms with E-state index in [1.807, 2.05) is 0 Å². The molecule has 1 heterocycles. The summed E-state index contributed by atoms with van der Waals surface area (Å²) in [5, 5.41) is 20.7. The summed E-state index contributed by atoms with van der Waals surface area (Å²) in [6, 6.07) is -0.867. The molecule has 0 aromatic rings. The molecule has 0 aliphatic carbocycles. The van der Waals surface area contributed by atoms with Crippen molar-refractivity contribution in [3.63, 3.8) is 0 Å². The summed E-state index contributed by atoms with van der Waals surface area (Å²) in [6.45, 7) is 0.936. The second kappa shape index (κ2) is 3.29. The number of hydrogen-bond donors (Lipinski definition) is 1. The zero-order valence-electron chi connectivity index (χ0n) is 8.80. The number of amides is 3. The number of rotatable bonds is 1. The van der Waals surface area contributed by atoms with Gasteiger partial charge in [-0.2, -0.15) is 0 Å². The van der Waals surface area contributed by atoms with Gasteiger partial charge in [0.25, 0.3) is 0 Å². The Bertz CT molecular complexity index is 384. The van der Waals surface area contributed by atoms with Gasteiger partial charge >= 0.3 is 16.9 Å². The zero-order valence-corrected chi connectivity index (χ0v) is 9.56. The number of carbonyl (C=O) groups excluding carboxylic acids is 2. The van der Waals surface area contributed by atoms with Crippen molar-refractivity contribution in [1.29, 1.82) is 0 Å². The first-order chi connectivity index (χ1) is 7.08. The fourth-order valence-electron chi connectivity index (χ4n) is 1.40. The molecular formula is C7H10ClN3O5. The van der Waals surface area contributed by atoms with Gasteiger partial charge in [0.05, 0.1) is 4.92 Å². The Morgan fingerprint density at radius 3 is 2.25 bits per heavy atom. The van der Waals surface area contributed by atoms with E-state index in [2.05, 4.69) is 0 Å². The molecule has 8 nitrogen and oxygen atoms in total. The zero-order chi connectivity index (χ0) is 12.9. The van der Waals surface area contributed by atoms with E-state index >= 15 is 0 Å². The highest BCUT2D eigenvalue weighted by atomic mass is 35.5. The van der Waals surface area contributed by atoms with Crippen LogP contribution in [-0.2, 0) is 4.79 Å². The lowest BCUT2D eigenvalue weighted by molar-refractivity contribution is -0.558. The number of urea groups is 1. The number of likely N-dealkylation sites (N-methyl/N-ethyl adjacent to an activating group) is 2. The second-order valence-corrected chi connectivity index (χ2v) is 4.15. The Hall–Kier alpha value is -1.41. The van der Waals surface area contributed by atoms with E-state index in [-0.39, 0.29) is 0 Å². The number of alkyl halides is 1. The Morgan fingerprint density at radius 2 is 1.88 bits per heavy atom. The van der Waals surface area contributed by atoms with E-state index in [4.69, 9.17) is 11.6 Å². The van der Waals surface area contributed by atoms with Crippen LogP contribution in [0.25, 0.3) is 0 Å². The van der Waals surface area contributed by atoms with Gasteiger partial charge in [0.1, 0.15) is 0 Å². The van der Waals surface area contributed by atoms with Crippen molar-refractivity contribution in [1.82, 2.24) is 9.80 Å². The van der Waals surface area contributed by atoms with Crippen LogP contribution >= 0.6 is 11.6 Å². The summed E-state index contributed by atoms with van der Waals surface area (Å²) in [6.07, 6.45) is 0. The van der Waals surface area contributed by atoms with Gasteiger partial charge < -0.3 is 5.11 Å². The Balaban J connectivity index is 3.42. The molecule has 3 amide bonds. The van der Waals surface area contributed by atoms with Crippen LogP contribution in [0.5, 0.6) is 0 Å². The van der Waals surface area contributed by atoms with Crippen LogP contribution in [0, 0.1) is 10.1 Å². The molecule has 0 aromatic carbocycles. The van der Waals surface area contributed by atoms with Crippen molar-refractivity contribution in [2.75, 3.05) is 14.1 Å². The summed E-state index contributed by atoms with van der Waals surface area (Å²) >= 11 is 5.57. The van der Waals surface area contributed by atoms with E-state index in [9.17, 15) is 24.8 Å². The summed E-state index contributed by atoms with van der Waals surface area (Å²) < 4.78 is 0. The summed E-state index contributed by atoms with van der Waals surface area (Å²) in [5.41, 5.74) is -2.40. The quantitative estimate of drug-likeness (QED) is 0.291. The van der Waals surface area contributed by atoms with Crippen LogP contribution in [-0.4, -0.2) is 56.6 Å². The fourth-order valence-corrected chi connectivity index (χ4v) is 1.65. The summed E-state index contributed by atoms with van der Waals surface area (Å²) in [5.74, 6) is -1.27. The lowest BCUT2D eigenvalue weighted by atomic mass is 10.0. The van der Waals surface area contributed by atoms with Gasteiger partial charge in [-0.15, -0.1) is 0 Å². The molecule has 16 heavy (non-hydrogen) atoms. The normalized spacial score (nSPS) is 35.6. The summed E-state index contributed by atoms with van der Waals surface area (Å²) in [4.78, 5) is 31.1. The van der Waals surface area contributed by atoms with Gasteiger partial charge in [0, 0.05) is 14.1 Å². The predicted molar refractivity (Wildman–Crippen MR) is 52.1 cm³/mol. The van der Waals surface area contributed by atoms with Gasteiger partial charge in [0.2, 0.25) is 5.72 Å². The minimum absolute atomic E-state index is 0.494. The SMILES string of the molecule is CN1C(=O)N(C)C(C)(O)C(Cl)([N+](=O)[O-])C1=O. The Morgan fingerprint density at radius 1 is 1.44 bits per heavy atom. The molecule has 1 aliphatic rings. The van der Waals surface area contributed by atoms with Gasteiger partial charge in [0.15, 0.2) is 0 Å². The molecule has 1 N–H and O–H groups in total. The van der Waals surface area contributed by atoms with Crippen molar-refractivity contribution in [3.8, 4) is 0 Å². The molecule has 0 spiro atoms. The van der Waals surface area contributed by atoms with Gasteiger partial charge in [-0.05, 0) is 18.5 Å². The number of halogens is 1. The maximum Gasteiger partial charge on any atom is 0.418 e. The predicted octanol–water partition coefficient (Wildman–Crippen LogP) is -0.570. The lowest BCUT2D eigenvalue weighted by Gasteiger charge is -2.44. The molecule has 2 atom stereocenters. The maximum atomic E-state index is 11.6. The first kappa shape index (κ1) is 12.7. The Kier molecular flexibility index (Phi) is 2.60. The molecule has 2 unspecified atom stereocenters. The topological polar surface area (TPSA) is 104 Å². The second-order valence-electron chi connectivity index (χ2n) is 3.61. The average Bonchev–Trinajstić information content (AvgIpc) is 2.21. The number of nitro groups is 1. The third-order valence-electron chi connectivity index (χ3n) is 2.69. The minimum atomic E-state index is -2.80. The largest absolute Gasteiger partial charge is 0.418 e. The van der Waals surface area contributed by atoms with Crippen LogP contribution in [0.2, 0.25) is 0 Å². The van der Waals surface area contributed by atoms with E-state index < -0.39 is 27.6 Å². The number of nitrogens with zero attached hydrogens (tertiary/aromatic N) is 3. The van der Waals surface area contributed by atoms with Crippen LogP contribution in [0.3, 0.4) is 0 Å². The third-order valence-corrected chi connectivity index (χ3v) is 3.35. The van der Waals surface area contributed by atoms with Crippen LogP contribution in [0.1, 0.15) is 6.92 Å². The molecule has 0 saturated carbocycles. The first-order valence-corrected chi connectivity index (χ1v) is 4.58. The molecule has 0 radical (unpaired) electrons. The van der Waals surface area contributed by atoms with Crippen molar-refractivity contribution in [2.24, 2.45) is 0 Å². The first-order valence-electron chi connectivity index (χ1n) is 4.20. The molecule has 0 bridgehead atoms. The van der Waals surface area contributed by atoms with Crippen molar-refractivity contribution in [2.45, 2.75) is 17.6 Å². The number of carbonyl (C=O) groups is 2. The van der Waals surface area contributed by atoms with E-state index in [1.165, 1.54) is 0 Å². The lowest BCUT2D eigenvalue weighted by Crippen LogP contribution is -2.75. The van der Waals surface area contributed by atoms with E-state index in [0.717, 1.165) is 21.0 Å². The molecule has 1 saturated heterocycles. The van der Waals surface area contributed by atoms with Crippen molar-refractivity contribution in [3.05, 3.63) is 10.1 Å². The maximum absolute atomic E-state index is 11.6. The highest BCUT2D eigenvalue weighted by molar-refractivity contribution is 6.36. The smallest absolute Gasteiger partial charge is 0.363 e. The van der Waals surface area contributed by atoms with Crippen LogP contribution in [0.4, 0.5) is 4.79 Å². The average molecular weight is 252 g/mol.